The molecule has 1 rings (SSSR count). The van der Waals surface area contributed by atoms with Gasteiger partial charge in [-0.25, -0.2) is 0 Å². The van der Waals surface area contributed by atoms with E-state index in [4.69, 9.17) is 5.73 Å². The van der Waals surface area contributed by atoms with Gasteiger partial charge >= 0.3 is 0 Å². The van der Waals surface area contributed by atoms with Gasteiger partial charge in [-0.3, -0.25) is 9.78 Å². The zero-order chi connectivity index (χ0) is 12.1. The van der Waals surface area contributed by atoms with Gasteiger partial charge in [-0.1, -0.05) is 13.8 Å². The topological polar surface area (TPSA) is 68.0 Å². The lowest BCUT2D eigenvalue weighted by Crippen LogP contribution is -2.43. The third-order valence-corrected chi connectivity index (χ3v) is 2.61. The number of carbonyl (C=O) groups is 1. The van der Waals surface area contributed by atoms with E-state index in [0.29, 0.717) is 6.54 Å². The smallest absolute Gasteiger partial charge is 0.237 e. The molecule has 0 aliphatic carbocycles. The van der Waals surface area contributed by atoms with Crippen LogP contribution in [0.2, 0.25) is 0 Å². The summed E-state index contributed by atoms with van der Waals surface area (Å²) in [7, 11) is 0. The fraction of sp³-hybridized carbons (Fsp3) is 0.500. The average molecular weight is 221 g/mol. The highest BCUT2D eigenvalue weighted by molar-refractivity contribution is 5.81. The Morgan fingerprint density at radius 2 is 2.25 bits per heavy atom. The standard InChI is InChI=1S/C12H19N3O/c1-8(2)11(13)12(16)15-7-10-4-5-14-6-9(10)3/h4-6,8,11H,7,13H2,1-3H3,(H,15,16)/t11-/m1/s1. The molecule has 3 N–H and O–H groups in total. The van der Waals surface area contributed by atoms with Crippen LogP contribution in [0.1, 0.15) is 25.0 Å². The van der Waals surface area contributed by atoms with Gasteiger partial charge in [0.25, 0.3) is 0 Å². The van der Waals surface area contributed by atoms with Gasteiger partial charge in [0, 0.05) is 18.9 Å². The number of aromatic nitrogens is 1. The third kappa shape index (κ3) is 3.31. The SMILES string of the molecule is Cc1cnccc1CNC(=O)[C@H](N)C(C)C. The van der Waals surface area contributed by atoms with E-state index in [-0.39, 0.29) is 11.8 Å². The first-order chi connectivity index (χ1) is 7.52. The Balaban J connectivity index is 2.52. The van der Waals surface area contributed by atoms with E-state index in [1.165, 1.54) is 0 Å². The molecule has 1 aromatic rings. The van der Waals surface area contributed by atoms with Crippen LogP contribution in [-0.2, 0) is 11.3 Å². The van der Waals surface area contributed by atoms with Gasteiger partial charge in [0.1, 0.15) is 0 Å². The van der Waals surface area contributed by atoms with Gasteiger partial charge in [-0.05, 0) is 30.0 Å². The summed E-state index contributed by atoms with van der Waals surface area (Å²) in [6.07, 6.45) is 3.50. The van der Waals surface area contributed by atoms with Crippen molar-refractivity contribution in [3.05, 3.63) is 29.6 Å². The molecule has 1 aromatic heterocycles. The molecule has 0 radical (unpaired) electrons. The first-order valence-corrected chi connectivity index (χ1v) is 5.45. The molecule has 0 fully saturated rings. The number of hydrogen-bond donors (Lipinski definition) is 2. The van der Waals surface area contributed by atoms with Crippen molar-refractivity contribution in [3.63, 3.8) is 0 Å². The summed E-state index contributed by atoms with van der Waals surface area (Å²) >= 11 is 0. The number of nitrogens with one attached hydrogen (secondary N) is 1. The molecule has 88 valence electrons. The molecular weight excluding hydrogens is 202 g/mol. The lowest BCUT2D eigenvalue weighted by molar-refractivity contribution is -0.123. The largest absolute Gasteiger partial charge is 0.351 e. The van der Waals surface area contributed by atoms with Crippen molar-refractivity contribution in [2.45, 2.75) is 33.4 Å². The molecule has 0 bridgehead atoms. The molecule has 0 unspecified atom stereocenters. The van der Waals surface area contributed by atoms with Crippen LogP contribution in [0.15, 0.2) is 18.5 Å². The summed E-state index contributed by atoms with van der Waals surface area (Å²) in [5.74, 6) is 0.0461. The Bertz CT molecular complexity index is 363. The van der Waals surface area contributed by atoms with Gasteiger partial charge in [-0.2, -0.15) is 0 Å². The first kappa shape index (κ1) is 12.6. The molecule has 4 nitrogen and oxygen atoms in total. The zero-order valence-corrected chi connectivity index (χ0v) is 10.0. The molecule has 4 heteroatoms. The summed E-state index contributed by atoms with van der Waals surface area (Å²) in [4.78, 5) is 15.6. The van der Waals surface area contributed by atoms with Crippen LogP contribution in [0.25, 0.3) is 0 Å². The fourth-order valence-corrected chi connectivity index (χ4v) is 1.30. The van der Waals surface area contributed by atoms with E-state index < -0.39 is 6.04 Å². The Kier molecular flexibility index (Phi) is 4.43. The van der Waals surface area contributed by atoms with Crippen LogP contribution in [-0.4, -0.2) is 16.9 Å². The van der Waals surface area contributed by atoms with E-state index in [9.17, 15) is 4.79 Å². The van der Waals surface area contributed by atoms with Crippen LogP contribution < -0.4 is 11.1 Å². The normalized spacial score (nSPS) is 12.6. The predicted octanol–water partition coefficient (Wildman–Crippen LogP) is 0.990. The molecule has 0 aliphatic rings. The molecule has 1 atom stereocenters. The van der Waals surface area contributed by atoms with Crippen molar-refractivity contribution >= 4 is 5.91 Å². The van der Waals surface area contributed by atoms with Crippen molar-refractivity contribution in [3.8, 4) is 0 Å². The van der Waals surface area contributed by atoms with Gasteiger partial charge in [-0.15, -0.1) is 0 Å². The monoisotopic (exact) mass is 221 g/mol. The Hall–Kier alpha value is -1.42. The van der Waals surface area contributed by atoms with Gasteiger partial charge < -0.3 is 11.1 Å². The summed E-state index contributed by atoms with van der Waals surface area (Å²) in [6.45, 7) is 6.34. The number of pyridine rings is 1. The second kappa shape index (κ2) is 5.61. The molecule has 0 aromatic carbocycles. The summed E-state index contributed by atoms with van der Waals surface area (Å²) in [5, 5.41) is 2.83. The van der Waals surface area contributed by atoms with Crippen molar-refractivity contribution in [1.29, 1.82) is 0 Å². The minimum absolute atomic E-state index is 0.105. The van der Waals surface area contributed by atoms with Crippen LogP contribution in [0.5, 0.6) is 0 Å². The van der Waals surface area contributed by atoms with Crippen LogP contribution in [0.3, 0.4) is 0 Å². The highest BCUT2D eigenvalue weighted by atomic mass is 16.2. The number of rotatable bonds is 4. The minimum atomic E-state index is -0.442. The zero-order valence-electron chi connectivity index (χ0n) is 10.0. The van der Waals surface area contributed by atoms with E-state index in [1.807, 2.05) is 26.8 Å². The summed E-state index contributed by atoms with van der Waals surface area (Å²) in [6, 6.07) is 1.46. The molecule has 0 aliphatic heterocycles. The molecule has 0 saturated carbocycles. The van der Waals surface area contributed by atoms with Crippen LogP contribution in [0, 0.1) is 12.8 Å². The van der Waals surface area contributed by atoms with E-state index in [1.54, 1.807) is 12.4 Å². The fourth-order valence-electron chi connectivity index (χ4n) is 1.30. The lowest BCUT2D eigenvalue weighted by atomic mass is 10.0. The van der Waals surface area contributed by atoms with Gasteiger partial charge in [0.05, 0.1) is 6.04 Å². The quantitative estimate of drug-likeness (QED) is 0.796. The molecule has 1 heterocycles. The van der Waals surface area contributed by atoms with Crippen molar-refractivity contribution in [2.24, 2.45) is 11.7 Å². The Morgan fingerprint density at radius 3 is 2.81 bits per heavy atom. The Labute approximate surface area is 96.3 Å². The lowest BCUT2D eigenvalue weighted by Gasteiger charge is -2.15. The van der Waals surface area contributed by atoms with Crippen molar-refractivity contribution in [2.75, 3.05) is 0 Å². The van der Waals surface area contributed by atoms with Crippen molar-refractivity contribution in [1.82, 2.24) is 10.3 Å². The number of hydrogen-bond acceptors (Lipinski definition) is 3. The number of aryl methyl sites for hydroxylation is 1. The highest BCUT2D eigenvalue weighted by Gasteiger charge is 2.16. The van der Waals surface area contributed by atoms with Crippen LogP contribution in [0.4, 0.5) is 0 Å². The van der Waals surface area contributed by atoms with Crippen molar-refractivity contribution < 1.29 is 4.79 Å². The summed E-state index contributed by atoms with van der Waals surface area (Å²) < 4.78 is 0. The molecule has 1 amide bonds. The number of carbonyl (C=O) groups excluding carboxylic acids is 1. The maximum atomic E-state index is 11.6. The summed E-state index contributed by atoms with van der Waals surface area (Å²) in [5.41, 5.74) is 7.88. The molecule has 16 heavy (non-hydrogen) atoms. The van der Waals surface area contributed by atoms with Crippen LogP contribution >= 0.6 is 0 Å². The number of nitrogens with two attached hydrogens (primary N) is 1. The second-order valence-electron chi connectivity index (χ2n) is 4.29. The van der Waals surface area contributed by atoms with Gasteiger partial charge in [0.2, 0.25) is 5.91 Å². The molecule has 0 saturated heterocycles. The van der Waals surface area contributed by atoms with Gasteiger partial charge in [0.15, 0.2) is 0 Å². The van der Waals surface area contributed by atoms with E-state index in [0.717, 1.165) is 11.1 Å². The number of nitrogens with zero attached hydrogens (tertiary/aromatic N) is 1. The Morgan fingerprint density at radius 1 is 1.56 bits per heavy atom. The third-order valence-electron chi connectivity index (χ3n) is 2.61. The van der Waals surface area contributed by atoms with E-state index >= 15 is 0 Å². The minimum Gasteiger partial charge on any atom is -0.351 e. The molecular formula is C12H19N3O. The van der Waals surface area contributed by atoms with E-state index in [2.05, 4.69) is 10.3 Å². The maximum Gasteiger partial charge on any atom is 0.237 e. The predicted molar refractivity (Wildman–Crippen MR) is 63.6 cm³/mol. The second-order valence-corrected chi connectivity index (χ2v) is 4.29. The average Bonchev–Trinajstić information content (AvgIpc) is 2.26. The maximum absolute atomic E-state index is 11.6. The number of amides is 1. The highest BCUT2D eigenvalue weighted by Crippen LogP contribution is 2.05. The molecule has 0 spiro atoms. The first-order valence-electron chi connectivity index (χ1n) is 5.45.